The summed E-state index contributed by atoms with van der Waals surface area (Å²) in [6, 6.07) is 7.42. The molecule has 0 saturated heterocycles. The maximum atomic E-state index is 13.3. The number of nitrogens with zero attached hydrogens (tertiary/aromatic N) is 5. The topological polar surface area (TPSA) is 77.1 Å². The van der Waals surface area contributed by atoms with Crippen LogP contribution in [0.5, 0.6) is 0 Å². The lowest BCUT2D eigenvalue weighted by atomic mass is 10.2. The van der Waals surface area contributed by atoms with E-state index in [1.807, 2.05) is 36.9 Å². The van der Waals surface area contributed by atoms with Crippen LogP contribution in [0.2, 0.25) is 0 Å². The molecule has 4 rings (SSSR count). The van der Waals surface area contributed by atoms with E-state index in [-0.39, 0.29) is 11.5 Å². The molecule has 0 atom stereocenters. The summed E-state index contributed by atoms with van der Waals surface area (Å²) in [6.07, 6.45) is 5.39. The van der Waals surface area contributed by atoms with Gasteiger partial charge in [0.05, 0.1) is 11.9 Å². The van der Waals surface area contributed by atoms with Crippen LogP contribution in [0.3, 0.4) is 0 Å². The van der Waals surface area contributed by atoms with Gasteiger partial charge in [0.25, 0.3) is 5.91 Å². The normalized spacial score (nSPS) is 11.0. The first-order valence-electron chi connectivity index (χ1n) is 7.95. The van der Waals surface area contributed by atoms with Gasteiger partial charge < -0.3 is 4.57 Å². The minimum Gasteiger partial charge on any atom is -0.302 e. The van der Waals surface area contributed by atoms with E-state index in [0.29, 0.717) is 5.65 Å². The third-order valence-corrected chi connectivity index (χ3v) is 4.02. The van der Waals surface area contributed by atoms with Crippen molar-refractivity contribution in [3.63, 3.8) is 0 Å². The summed E-state index contributed by atoms with van der Waals surface area (Å²) in [7, 11) is 0. The second-order valence-corrected chi connectivity index (χ2v) is 5.89. The lowest BCUT2D eigenvalue weighted by Gasteiger charge is -2.06. The van der Waals surface area contributed by atoms with Gasteiger partial charge in [-0.1, -0.05) is 6.07 Å². The molecule has 0 aliphatic heterocycles. The van der Waals surface area contributed by atoms with Gasteiger partial charge in [-0.15, -0.1) is 5.10 Å². The summed E-state index contributed by atoms with van der Waals surface area (Å²) in [4.78, 5) is 20.8. The average Bonchev–Trinajstić information content (AvgIpc) is 3.20. The number of halogens is 1. The molecular formula is C18H15FN6O. The molecule has 0 aliphatic carbocycles. The molecule has 0 unspecified atom stereocenters. The highest BCUT2D eigenvalue weighted by molar-refractivity contribution is 6.03. The lowest BCUT2D eigenvalue weighted by molar-refractivity contribution is 0.102. The highest BCUT2D eigenvalue weighted by Gasteiger charge is 2.13. The van der Waals surface area contributed by atoms with Gasteiger partial charge in [0.15, 0.2) is 5.65 Å². The van der Waals surface area contributed by atoms with Gasteiger partial charge in [-0.3, -0.25) is 10.1 Å². The summed E-state index contributed by atoms with van der Waals surface area (Å²) in [6.45, 7) is 3.82. The molecule has 0 aliphatic rings. The number of nitrogens with one attached hydrogen (secondary N) is 1. The maximum Gasteiger partial charge on any atom is 0.258 e. The highest BCUT2D eigenvalue weighted by Crippen LogP contribution is 2.17. The molecule has 3 aromatic heterocycles. The van der Waals surface area contributed by atoms with E-state index in [1.165, 1.54) is 18.2 Å². The molecule has 0 radical (unpaired) electrons. The molecule has 1 amide bonds. The fourth-order valence-electron chi connectivity index (χ4n) is 2.77. The monoisotopic (exact) mass is 350 g/mol. The Morgan fingerprint density at radius 1 is 1.23 bits per heavy atom. The molecular weight excluding hydrogens is 335 g/mol. The van der Waals surface area contributed by atoms with Crippen LogP contribution in [-0.4, -0.2) is 30.1 Å². The highest BCUT2D eigenvalue weighted by atomic mass is 19.1. The zero-order valence-corrected chi connectivity index (χ0v) is 14.1. The first-order chi connectivity index (χ1) is 12.5. The predicted octanol–water partition coefficient (Wildman–Crippen LogP) is 2.92. The van der Waals surface area contributed by atoms with Crippen LogP contribution in [0.15, 0.2) is 48.9 Å². The number of benzene rings is 1. The number of amides is 1. The maximum absolute atomic E-state index is 13.3. The summed E-state index contributed by atoms with van der Waals surface area (Å²) >= 11 is 0. The number of rotatable bonds is 3. The first kappa shape index (κ1) is 15.9. The molecule has 0 spiro atoms. The number of hydrogen-bond acceptors (Lipinski definition) is 4. The number of carbonyl (C=O) groups is 1. The molecule has 3 heterocycles. The number of hydrogen-bond donors (Lipinski definition) is 1. The summed E-state index contributed by atoms with van der Waals surface area (Å²) in [5.74, 6) is 0.0610. The lowest BCUT2D eigenvalue weighted by Crippen LogP contribution is -2.13. The van der Waals surface area contributed by atoms with Crippen LogP contribution in [0.4, 0.5) is 10.3 Å². The minimum atomic E-state index is -0.475. The van der Waals surface area contributed by atoms with E-state index >= 15 is 0 Å². The van der Waals surface area contributed by atoms with E-state index < -0.39 is 11.7 Å². The Morgan fingerprint density at radius 2 is 2.08 bits per heavy atom. The van der Waals surface area contributed by atoms with Gasteiger partial charge >= 0.3 is 0 Å². The number of fused-ring (bicyclic) bond motifs is 1. The van der Waals surface area contributed by atoms with Crippen molar-refractivity contribution in [1.82, 2.24) is 24.1 Å². The Balaban J connectivity index is 1.68. The van der Waals surface area contributed by atoms with Crippen molar-refractivity contribution >= 4 is 17.5 Å². The SMILES string of the molecule is Cc1cc(-n2ccnc2C)cn2nc(NC(=O)c3cccc(F)c3)nc12. The molecule has 130 valence electrons. The average molecular weight is 350 g/mol. The number of pyridine rings is 1. The molecule has 4 aromatic rings. The van der Waals surface area contributed by atoms with Crippen molar-refractivity contribution in [2.24, 2.45) is 0 Å². The molecule has 0 bridgehead atoms. The zero-order chi connectivity index (χ0) is 18.3. The van der Waals surface area contributed by atoms with Crippen molar-refractivity contribution in [2.75, 3.05) is 5.32 Å². The third-order valence-electron chi connectivity index (χ3n) is 4.02. The molecule has 1 N–H and O–H groups in total. The second kappa shape index (κ2) is 6.07. The van der Waals surface area contributed by atoms with E-state index in [1.54, 1.807) is 10.7 Å². The van der Waals surface area contributed by atoms with Crippen molar-refractivity contribution in [3.8, 4) is 5.69 Å². The molecule has 8 heteroatoms. The van der Waals surface area contributed by atoms with Crippen LogP contribution < -0.4 is 5.32 Å². The molecule has 0 fully saturated rings. The van der Waals surface area contributed by atoms with E-state index in [2.05, 4.69) is 20.4 Å². The van der Waals surface area contributed by atoms with E-state index in [4.69, 9.17) is 0 Å². The van der Waals surface area contributed by atoms with Crippen LogP contribution in [0.25, 0.3) is 11.3 Å². The molecule has 26 heavy (non-hydrogen) atoms. The van der Waals surface area contributed by atoms with Gasteiger partial charge in [0, 0.05) is 18.0 Å². The van der Waals surface area contributed by atoms with Gasteiger partial charge in [-0.05, 0) is 43.7 Å². The fourth-order valence-corrected chi connectivity index (χ4v) is 2.77. The quantitative estimate of drug-likeness (QED) is 0.616. The number of imidazole rings is 1. The Kier molecular flexibility index (Phi) is 3.72. The zero-order valence-electron chi connectivity index (χ0n) is 14.1. The Bertz CT molecular complexity index is 1130. The number of carbonyl (C=O) groups excluding carboxylic acids is 1. The molecule has 7 nitrogen and oxygen atoms in total. The predicted molar refractivity (Wildman–Crippen MR) is 93.9 cm³/mol. The van der Waals surface area contributed by atoms with Gasteiger partial charge in [-0.25, -0.2) is 13.9 Å². The summed E-state index contributed by atoms with van der Waals surface area (Å²) in [5.41, 5.74) is 2.61. The van der Waals surface area contributed by atoms with Crippen molar-refractivity contribution in [1.29, 1.82) is 0 Å². The van der Waals surface area contributed by atoms with Crippen LogP contribution >= 0.6 is 0 Å². The Labute approximate surface area is 148 Å². The van der Waals surface area contributed by atoms with Gasteiger partial charge in [-0.2, -0.15) is 4.98 Å². The molecule has 1 aromatic carbocycles. The summed E-state index contributed by atoms with van der Waals surface area (Å²) < 4.78 is 16.8. The summed E-state index contributed by atoms with van der Waals surface area (Å²) in [5, 5.41) is 6.91. The molecule has 0 saturated carbocycles. The minimum absolute atomic E-state index is 0.155. The van der Waals surface area contributed by atoms with Crippen LogP contribution in [-0.2, 0) is 0 Å². The van der Waals surface area contributed by atoms with Crippen molar-refractivity contribution in [2.45, 2.75) is 13.8 Å². The number of aryl methyl sites for hydroxylation is 2. The Hall–Kier alpha value is -3.55. The van der Waals surface area contributed by atoms with Crippen molar-refractivity contribution in [3.05, 3.63) is 71.7 Å². The van der Waals surface area contributed by atoms with E-state index in [9.17, 15) is 9.18 Å². The number of aromatic nitrogens is 5. The fraction of sp³-hybridized carbons (Fsp3) is 0.111. The standard InChI is InChI=1S/C18H15FN6O/c1-11-8-15(24-7-6-20-12(24)2)10-25-16(11)21-18(23-25)22-17(26)13-4-3-5-14(19)9-13/h3-10H,1-2H3,(H,22,23,26). The van der Waals surface area contributed by atoms with Gasteiger partial charge in [0.2, 0.25) is 5.95 Å². The first-order valence-corrected chi connectivity index (χ1v) is 7.95. The second-order valence-electron chi connectivity index (χ2n) is 5.89. The Morgan fingerprint density at radius 3 is 2.81 bits per heavy atom. The largest absolute Gasteiger partial charge is 0.302 e. The van der Waals surface area contributed by atoms with E-state index in [0.717, 1.165) is 23.1 Å². The van der Waals surface area contributed by atoms with Gasteiger partial charge in [0.1, 0.15) is 11.6 Å². The van der Waals surface area contributed by atoms with Crippen LogP contribution in [0, 0.1) is 19.7 Å². The smallest absolute Gasteiger partial charge is 0.258 e. The number of anilines is 1. The third kappa shape index (κ3) is 2.81. The van der Waals surface area contributed by atoms with Crippen LogP contribution in [0.1, 0.15) is 21.7 Å². The van der Waals surface area contributed by atoms with Crippen molar-refractivity contribution < 1.29 is 9.18 Å².